The Morgan fingerprint density at radius 2 is 2.28 bits per heavy atom. The van der Waals surface area contributed by atoms with E-state index in [4.69, 9.17) is 0 Å². The zero-order valence-corrected chi connectivity index (χ0v) is 11.4. The van der Waals surface area contributed by atoms with Crippen LogP contribution in [0.3, 0.4) is 0 Å². The van der Waals surface area contributed by atoms with Crippen molar-refractivity contribution in [3.63, 3.8) is 0 Å². The van der Waals surface area contributed by atoms with E-state index in [1.165, 1.54) is 0 Å². The number of anilines is 2. The number of amides is 1. The van der Waals surface area contributed by atoms with Gasteiger partial charge in [-0.05, 0) is 38.0 Å². The Bertz CT molecular complexity index is 415. The van der Waals surface area contributed by atoms with Gasteiger partial charge < -0.3 is 10.2 Å². The van der Waals surface area contributed by atoms with Crippen LogP contribution in [0.15, 0.2) is 36.9 Å². The summed E-state index contributed by atoms with van der Waals surface area (Å²) in [6, 6.07) is 8.28. The van der Waals surface area contributed by atoms with Crippen molar-refractivity contribution < 1.29 is 4.79 Å². The lowest BCUT2D eigenvalue weighted by molar-refractivity contribution is -0.116. The Kier molecular flexibility index (Phi) is 5.43. The van der Waals surface area contributed by atoms with Crippen LogP contribution in [0.1, 0.15) is 26.7 Å². The van der Waals surface area contributed by atoms with E-state index in [2.05, 4.69) is 18.8 Å². The lowest BCUT2D eigenvalue weighted by atomic mass is 10.1. The maximum absolute atomic E-state index is 11.3. The van der Waals surface area contributed by atoms with Gasteiger partial charge in [-0.2, -0.15) is 0 Å². The average Bonchev–Trinajstić information content (AvgIpc) is 2.35. The number of hydrogen-bond donors (Lipinski definition) is 1. The van der Waals surface area contributed by atoms with E-state index in [9.17, 15) is 4.79 Å². The van der Waals surface area contributed by atoms with Gasteiger partial charge in [0.1, 0.15) is 0 Å². The van der Waals surface area contributed by atoms with Crippen molar-refractivity contribution in [3.8, 4) is 0 Å². The van der Waals surface area contributed by atoms with E-state index in [1.54, 1.807) is 18.9 Å². The molecule has 3 heteroatoms. The van der Waals surface area contributed by atoms with E-state index in [0.29, 0.717) is 6.04 Å². The third-order valence-electron chi connectivity index (χ3n) is 2.92. The standard InChI is InChI=1S/C15H22N2O/c1-5-6-8-12(2)16-14-9-7-10-15(11-14)17(4)13(3)18/h5,7,9-12,16H,1,6,8H2,2-4H3. The van der Waals surface area contributed by atoms with Crippen LogP contribution in [0.5, 0.6) is 0 Å². The molecule has 1 N–H and O–H groups in total. The molecule has 98 valence electrons. The Balaban J connectivity index is 2.70. The highest BCUT2D eigenvalue weighted by molar-refractivity contribution is 5.91. The van der Waals surface area contributed by atoms with Crippen molar-refractivity contribution in [1.29, 1.82) is 0 Å². The summed E-state index contributed by atoms with van der Waals surface area (Å²) in [4.78, 5) is 13.0. The van der Waals surface area contributed by atoms with Crippen LogP contribution in [0, 0.1) is 0 Å². The molecule has 1 unspecified atom stereocenters. The molecule has 0 aliphatic rings. The molecule has 0 spiro atoms. The van der Waals surface area contributed by atoms with Crippen molar-refractivity contribution >= 4 is 17.3 Å². The average molecular weight is 246 g/mol. The van der Waals surface area contributed by atoms with Crippen molar-refractivity contribution in [3.05, 3.63) is 36.9 Å². The molecule has 0 aliphatic carbocycles. The molecule has 0 fully saturated rings. The van der Waals surface area contributed by atoms with Gasteiger partial charge in [-0.3, -0.25) is 4.79 Å². The molecule has 1 aromatic rings. The second-order valence-electron chi connectivity index (χ2n) is 4.54. The predicted octanol–water partition coefficient (Wildman–Crippen LogP) is 3.44. The highest BCUT2D eigenvalue weighted by atomic mass is 16.2. The van der Waals surface area contributed by atoms with Crippen LogP contribution in [-0.4, -0.2) is 19.0 Å². The first-order chi connectivity index (χ1) is 8.54. The van der Waals surface area contributed by atoms with Gasteiger partial charge in [0.2, 0.25) is 5.91 Å². The molecule has 3 nitrogen and oxygen atoms in total. The highest BCUT2D eigenvalue weighted by Crippen LogP contribution is 2.19. The van der Waals surface area contributed by atoms with Crippen molar-refractivity contribution in [2.75, 3.05) is 17.3 Å². The number of allylic oxidation sites excluding steroid dienone is 1. The molecular formula is C15H22N2O. The summed E-state index contributed by atoms with van der Waals surface area (Å²) >= 11 is 0. The topological polar surface area (TPSA) is 32.3 Å². The summed E-state index contributed by atoms with van der Waals surface area (Å²) in [7, 11) is 1.78. The van der Waals surface area contributed by atoms with Crippen molar-refractivity contribution in [2.45, 2.75) is 32.7 Å². The molecule has 0 aliphatic heterocycles. The molecule has 0 bridgehead atoms. The van der Waals surface area contributed by atoms with E-state index in [1.807, 2.05) is 30.3 Å². The number of carbonyl (C=O) groups excluding carboxylic acids is 1. The van der Waals surface area contributed by atoms with Gasteiger partial charge in [0.25, 0.3) is 0 Å². The van der Waals surface area contributed by atoms with E-state index < -0.39 is 0 Å². The quantitative estimate of drug-likeness (QED) is 0.780. The molecular weight excluding hydrogens is 224 g/mol. The first-order valence-electron chi connectivity index (χ1n) is 6.26. The largest absolute Gasteiger partial charge is 0.383 e. The van der Waals surface area contributed by atoms with Gasteiger partial charge in [-0.1, -0.05) is 12.1 Å². The summed E-state index contributed by atoms with van der Waals surface area (Å²) in [5.74, 6) is 0.0341. The van der Waals surface area contributed by atoms with Crippen LogP contribution in [0.4, 0.5) is 11.4 Å². The van der Waals surface area contributed by atoms with Gasteiger partial charge in [0.05, 0.1) is 0 Å². The number of rotatable bonds is 6. The predicted molar refractivity (Wildman–Crippen MR) is 78.0 cm³/mol. The summed E-state index contributed by atoms with van der Waals surface area (Å²) in [5.41, 5.74) is 1.94. The van der Waals surface area contributed by atoms with Crippen molar-refractivity contribution in [1.82, 2.24) is 0 Å². The number of carbonyl (C=O) groups is 1. The van der Waals surface area contributed by atoms with E-state index in [0.717, 1.165) is 24.2 Å². The fraction of sp³-hybridized carbons (Fsp3) is 0.400. The Morgan fingerprint density at radius 3 is 2.89 bits per heavy atom. The molecule has 1 amide bonds. The monoisotopic (exact) mass is 246 g/mol. The third-order valence-corrected chi connectivity index (χ3v) is 2.92. The van der Waals surface area contributed by atoms with Crippen LogP contribution in [0.25, 0.3) is 0 Å². The molecule has 0 saturated heterocycles. The molecule has 1 aromatic carbocycles. The van der Waals surface area contributed by atoms with Crippen LogP contribution in [0.2, 0.25) is 0 Å². The molecule has 0 radical (unpaired) electrons. The molecule has 0 heterocycles. The second kappa shape index (κ2) is 6.84. The lowest BCUT2D eigenvalue weighted by Crippen LogP contribution is -2.23. The summed E-state index contributed by atoms with van der Waals surface area (Å²) in [5, 5.41) is 3.43. The van der Waals surface area contributed by atoms with Gasteiger partial charge in [-0.25, -0.2) is 0 Å². The minimum absolute atomic E-state index is 0.0341. The first kappa shape index (κ1) is 14.3. The number of nitrogens with one attached hydrogen (secondary N) is 1. The molecule has 0 aromatic heterocycles. The summed E-state index contributed by atoms with van der Waals surface area (Å²) in [6.45, 7) is 7.43. The smallest absolute Gasteiger partial charge is 0.223 e. The van der Waals surface area contributed by atoms with Gasteiger partial charge >= 0.3 is 0 Å². The number of benzene rings is 1. The maximum atomic E-state index is 11.3. The Labute approximate surface area is 109 Å². The van der Waals surface area contributed by atoms with Gasteiger partial charge in [0.15, 0.2) is 0 Å². The molecule has 1 atom stereocenters. The lowest BCUT2D eigenvalue weighted by Gasteiger charge is -2.18. The minimum atomic E-state index is 0.0341. The first-order valence-corrected chi connectivity index (χ1v) is 6.26. The van der Waals surface area contributed by atoms with Crippen LogP contribution < -0.4 is 10.2 Å². The van der Waals surface area contributed by atoms with E-state index >= 15 is 0 Å². The molecule has 1 rings (SSSR count). The fourth-order valence-electron chi connectivity index (χ4n) is 1.71. The zero-order chi connectivity index (χ0) is 13.5. The normalized spacial score (nSPS) is 11.7. The maximum Gasteiger partial charge on any atom is 0.223 e. The zero-order valence-electron chi connectivity index (χ0n) is 11.4. The number of hydrogen-bond acceptors (Lipinski definition) is 2. The fourth-order valence-corrected chi connectivity index (χ4v) is 1.71. The van der Waals surface area contributed by atoms with Crippen LogP contribution >= 0.6 is 0 Å². The molecule has 18 heavy (non-hydrogen) atoms. The summed E-state index contributed by atoms with van der Waals surface area (Å²) < 4.78 is 0. The van der Waals surface area contributed by atoms with E-state index in [-0.39, 0.29) is 5.91 Å². The number of nitrogens with zero attached hydrogens (tertiary/aromatic N) is 1. The molecule has 0 saturated carbocycles. The third kappa shape index (κ3) is 4.24. The highest BCUT2D eigenvalue weighted by Gasteiger charge is 2.07. The van der Waals surface area contributed by atoms with Gasteiger partial charge in [-0.15, -0.1) is 6.58 Å². The van der Waals surface area contributed by atoms with Crippen molar-refractivity contribution in [2.24, 2.45) is 0 Å². The second-order valence-corrected chi connectivity index (χ2v) is 4.54. The minimum Gasteiger partial charge on any atom is -0.383 e. The van der Waals surface area contributed by atoms with Gasteiger partial charge in [0, 0.05) is 31.4 Å². The Hall–Kier alpha value is -1.77. The SMILES string of the molecule is C=CCCC(C)Nc1cccc(N(C)C(C)=O)c1. The van der Waals surface area contributed by atoms with Crippen LogP contribution in [-0.2, 0) is 4.79 Å². The summed E-state index contributed by atoms with van der Waals surface area (Å²) in [6.07, 6.45) is 3.98. The Morgan fingerprint density at radius 1 is 1.56 bits per heavy atom.